The second-order valence-corrected chi connectivity index (χ2v) is 6.78. The maximum atomic E-state index is 6.24. The summed E-state index contributed by atoms with van der Waals surface area (Å²) in [5.74, 6) is 0.919. The van der Waals surface area contributed by atoms with E-state index in [1.54, 1.807) is 0 Å². The molecule has 1 saturated carbocycles. The number of aryl methyl sites for hydroxylation is 1. The Balaban J connectivity index is 2.11. The van der Waals surface area contributed by atoms with Gasteiger partial charge in [0.25, 0.3) is 0 Å². The lowest BCUT2D eigenvalue weighted by Crippen LogP contribution is -2.55. The van der Waals surface area contributed by atoms with E-state index in [0.717, 1.165) is 25.6 Å². The van der Waals surface area contributed by atoms with Crippen LogP contribution in [0.3, 0.4) is 0 Å². The first-order chi connectivity index (χ1) is 10.1. The van der Waals surface area contributed by atoms with Gasteiger partial charge in [0.05, 0.1) is 0 Å². The predicted octanol–water partition coefficient (Wildman–Crippen LogP) is 4.11. The van der Waals surface area contributed by atoms with Crippen LogP contribution < -0.4 is 5.73 Å². The summed E-state index contributed by atoms with van der Waals surface area (Å²) >= 11 is 0. The van der Waals surface area contributed by atoms with E-state index >= 15 is 0 Å². The molecule has 1 fully saturated rings. The lowest BCUT2D eigenvalue weighted by Gasteiger charge is -2.47. The third kappa shape index (κ3) is 3.87. The topological polar surface area (TPSA) is 29.3 Å². The quantitative estimate of drug-likeness (QED) is 0.853. The van der Waals surface area contributed by atoms with Crippen molar-refractivity contribution in [2.24, 2.45) is 11.7 Å². The molecule has 0 spiro atoms. The number of rotatable bonds is 6. The Hall–Kier alpha value is -0.860. The minimum atomic E-state index is 0.226. The van der Waals surface area contributed by atoms with Gasteiger partial charge < -0.3 is 5.73 Å². The summed E-state index contributed by atoms with van der Waals surface area (Å²) < 4.78 is 0. The molecular weight excluding hydrogens is 256 g/mol. The van der Waals surface area contributed by atoms with Gasteiger partial charge in [-0.15, -0.1) is 0 Å². The van der Waals surface area contributed by atoms with Crippen LogP contribution in [0.25, 0.3) is 0 Å². The highest BCUT2D eigenvalue weighted by Crippen LogP contribution is 2.37. The summed E-state index contributed by atoms with van der Waals surface area (Å²) in [6, 6.07) is 8.90. The number of nitrogens with zero attached hydrogens (tertiary/aromatic N) is 1. The summed E-state index contributed by atoms with van der Waals surface area (Å²) in [4.78, 5) is 2.63. The average Bonchev–Trinajstić information content (AvgIpc) is 2.53. The van der Waals surface area contributed by atoms with Crippen molar-refractivity contribution in [3.63, 3.8) is 0 Å². The summed E-state index contributed by atoms with van der Waals surface area (Å²) in [5, 5.41) is 0. The van der Waals surface area contributed by atoms with Crippen LogP contribution in [0, 0.1) is 12.8 Å². The molecule has 0 amide bonds. The van der Waals surface area contributed by atoms with Crippen LogP contribution in [0.15, 0.2) is 24.3 Å². The number of nitrogens with two attached hydrogens (primary N) is 1. The maximum absolute atomic E-state index is 6.24. The first-order valence-corrected chi connectivity index (χ1v) is 8.64. The molecule has 0 heterocycles. The average molecular weight is 288 g/mol. The highest BCUT2D eigenvalue weighted by molar-refractivity contribution is 5.22. The highest BCUT2D eigenvalue weighted by Gasteiger charge is 2.38. The van der Waals surface area contributed by atoms with E-state index in [0.29, 0.717) is 0 Å². The van der Waals surface area contributed by atoms with Gasteiger partial charge in [-0.25, -0.2) is 0 Å². The molecule has 0 radical (unpaired) electrons. The van der Waals surface area contributed by atoms with E-state index in [2.05, 4.69) is 49.9 Å². The van der Waals surface area contributed by atoms with Gasteiger partial charge in [0, 0.05) is 18.6 Å². The van der Waals surface area contributed by atoms with Crippen LogP contribution in [0.5, 0.6) is 0 Å². The predicted molar refractivity (Wildman–Crippen MR) is 91.3 cm³/mol. The van der Waals surface area contributed by atoms with E-state index in [9.17, 15) is 0 Å². The standard InChI is InChI=1S/C19H32N2/c1-4-17-9-11-19(15-20,12-10-17)21(5-2)14-18-8-6-7-16(3)13-18/h6-8,13,17H,4-5,9-12,14-15,20H2,1-3H3. The number of benzene rings is 1. The Morgan fingerprint density at radius 3 is 2.48 bits per heavy atom. The maximum Gasteiger partial charge on any atom is 0.0335 e. The summed E-state index contributed by atoms with van der Waals surface area (Å²) in [6.07, 6.45) is 6.55. The molecule has 1 aliphatic carbocycles. The second-order valence-electron chi connectivity index (χ2n) is 6.78. The third-order valence-electron chi connectivity index (χ3n) is 5.50. The van der Waals surface area contributed by atoms with Crippen molar-refractivity contribution in [2.75, 3.05) is 13.1 Å². The fraction of sp³-hybridized carbons (Fsp3) is 0.684. The monoisotopic (exact) mass is 288 g/mol. The molecule has 2 heteroatoms. The van der Waals surface area contributed by atoms with Crippen molar-refractivity contribution in [3.05, 3.63) is 35.4 Å². The van der Waals surface area contributed by atoms with Gasteiger partial charge >= 0.3 is 0 Å². The van der Waals surface area contributed by atoms with Gasteiger partial charge in [-0.1, -0.05) is 50.1 Å². The van der Waals surface area contributed by atoms with Crippen molar-refractivity contribution >= 4 is 0 Å². The normalized spacial score (nSPS) is 26.2. The van der Waals surface area contributed by atoms with Crippen molar-refractivity contribution in [1.29, 1.82) is 0 Å². The SMILES string of the molecule is CCC1CCC(CN)(N(CC)Cc2cccc(C)c2)CC1. The zero-order valence-corrected chi connectivity index (χ0v) is 14.1. The Bertz CT molecular complexity index is 433. The molecule has 1 aliphatic rings. The Labute approximate surface area is 130 Å². The van der Waals surface area contributed by atoms with Crippen LogP contribution in [-0.2, 0) is 6.54 Å². The van der Waals surface area contributed by atoms with Crippen LogP contribution in [0.1, 0.15) is 57.1 Å². The molecule has 2 N–H and O–H groups in total. The van der Waals surface area contributed by atoms with Crippen molar-refractivity contribution in [1.82, 2.24) is 4.90 Å². The Morgan fingerprint density at radius 1 is 1.24 bits per heavy atom. The van der Waals surface area contributed by atoms with Crippen molar-refractivity contribution in [3.8, 4) is 0 Å². The van der Waals surface area contributed by atoms with Crippen molar-refractivity contribution in [2.45, 2.75) is 65.0 Å². The number of hydrogen-bond acceptors (Lipinski definition) is 2. The molecule has 0 saturated heterocycles. The van der Waals surface area contributed by atoms with E-state index in [1.807, 2.05) is 0 Å². The fourth-order valence-electron chi connectivity index (χ4n) is 3.92. The van der Waals surface area contributed by atoms with E-state index in [-0.39, 0.29) is 5.54 Å². The summed E-state index contributed by atoms with van der Waals surface area (Å²) in [6.45, 7) is 9.69. The second kappa shape index (κ2) is 7.42. The van der Waals surface area contributed by atoms with Crippen LogP contribution in [0.2, 0.25) is 0 Å². The molecule has 21 heavy (non-hydrogen) atoms. The lowest BCUT2D eigenvalue weighted by molar-refractivity contribution is 0.0392. The minimum Gasteiger partial charge on any atom is -0.329 e. The molecule has 0 atom stereocenters. The molecular formula is C19H32N2. The van der Waals surface area contributed by atoms with Crippen LogP contribution >= 0.6 is 0 Å². The molecule has 0 unspecified atom stereocenters. The lowest BCUT2D eigenvalue weighted by atomic mass is 9.74. The Kier molecular flexibility index (Phi) is 5.83. The minimum absolute atomic E-state index is 0.226. The molecule has 0 bridgehead atoms. The molecule has 0 aliphatic heterocycles. The highest BCUT2D eigenvalue weighted by atomic mass is 15.2. The molecule has 0 aromatic heterocycles. The third-order valence-corrected chi connectivity index (χ3v) is 5.50. The smallest absolute Gasteiger partial charge is 0.0335 e. The largest absolute Gasteiger partial charge is 0.329 e. The molecule has 1 aromatic rings. The van der Waals surface area contributed by atoms with Gasteiger partial charge in [0.2, 0.25) is 0 Å². The fourth-order valence-corrected chi connectivity index (χ4v) is 3.92. The zero-order valence-electron chi connectivity index (χ0n) is 14.1. The van der Waals surface area contributed by atoms with Crippen molar-refractivity contribution < 1.29 is 0 Å². The van der Waals surface area contributed by atoms with Gasteiger partial charge in [0.15, 0.2) is 0 Å². The molecule has 118 valence electrons. The van der Waals surface area contributed by atoms with Gasteiger partial charge in [-0.3, -0.25) is 4.90 Å². The summed E-state index contributed by atoms with van der Waals surface area (Å²) in [5.41, 5.74) is 9.24. The number of likely N-dealkylation sites (N-methyl/N-ethyl adjacent to an activating group) is 1. The number of hydrogen-bond donors (Lipinski definition) is 1. The van der Waals surface area contributed by atoms with Gasteiger partial charge in [0.1, 0.15) is 0 Å². The van der Waals surface area contributed by atoms with E-state index in [1.165, 1.54) is 43.2 Å². The molecule has 1 aromatic carbocycles. The molecule has 2 nitrogen and oxygen atoms in total. The van der Waals surface area contributed by atoms with Crippen LogP contribution in [-0.4, -0.2) is 23.5 Å². The molecule has 2 rings (SSSR count). The summed E-state index contributed by atoms with van der Waals surface area (Å²) in [7, 11) is 0. The van der Waals surface area contributed by atoms with E-state index < -0.39 is 0 Å². The first kappa shape index (κ1) is 16.5. The Morgan fingerprint density at radius 2 is 1.95 bits per heavy atom. The first-order valence-electron chi connectivity index (χ1n) is 8.64. The van der Waals surface area contributed by atoms with Gasteiger partial charge in [-0.2, -0.15) is 0 Å². The van der Waals surface area contributed by atoms with Crippen LogP contribution in [0.4, 0.5) is 0 Å². The van der Waals surface area contributed by atoms with E-state index in [4.69, 9.17) is 5.73 Å². The van der Waals surface area contributed by atoms with Gasteiger partial charge in [-0.05, 0) is 50.6 Å². The zero-order chi connectivity index (χ0) is 15.3.